The van der Waals surface area contributed by atoms with Gasteiger partial charge in [0.2, 0.25) is 5.43 Å². The Morgan fingerprint density at radius 2 is 1.96 bits per heavy atom. The molecule has 0 atom stereocenters. The lowest BCUT2D eigenvalue weighted by Gasteiger charge is -2.11. The number of esters is 1. The van der Waals surface area contributed by atoms with Gasteiger partial charge in [0.05, 0.1) is 6.61 Å². The summed E-state index contributed by atoms with van der Waals surface area (Å²) in [4.78, 5) is 24.6. The Balaban J connectivity index is 2.55. The molecule has 122 valence electrons. The first-order chi connectivity index (χ1) is 11.1. The van der Waals surface area contributed by atoms with Crippen molar-refractivity contribution < 1.29 is 13.9 Å². The highest BCUT2D eigenvalue weighted by Crippen LogP contribution is 2.17. The molecule has 2 aromatic rings. The fourth-order valence-corrected chi connectivity index (χ4v) is 2.54. The molecular weight excluding hydrogens is 317 g/mol. The molecule has 0 aliphatic rings. The Morgan fingerprint density at radius 3 is 2.57 bits per heavy atom. The summed E-state index contributed by atoms with van der Waals surface area (Å²) in [7, 11) is 0. The summed E-state index contributed by atoms with van der Waals surface area (Å²) >= 11 is 1.66. The Labute approximate surface area is 138 Å². The van der Waals surface area contributed by atoms with Crippen molar-refractivity contribution in [2.75, 3.05) is 18.6 Å². The summed E-state index contributed by atoms with van der Waals surface area (Å²) in [6.45, 7) is 2.54. The number of thioether (sulfide) groups is 1. The molecule has 0 amide bonds. The maximum Gasteiger partial charge on any atom is 0.343 e. The number of hydrogen-bond donors (Lipinski definition) is 0. The molecule has 0 fully saturated rings. The smallest absolute Gasteiger partial charge is 0.343 e. The van der Waals surface area contributed by atoms with Crippen LogP contribution in [0.2, 0.25) is 0 Å². The Kier molecular flexibility index (Phi) is 5.98. The molecule has 2 rings (SSSR count). The van der Waals surface area contributed by atoms with Crippen molar-refractivity contribution in [1.82, 2.24) is 4.57 Å². The maximum absolute atomic E-state index is 13.1. The fourth-order valence-electron chi connectivity index (χ4n) is 2.15. The molecule has 4 nitrogen and oxygen atoms in total. The number of pyridine rings is 1. The van der Waals surface area contributed by atoms with Gasteiger partial charge in [-0.3, -0.25) is 4.79 Å². The zero-order valence-electron chi connectivity index (χ0n) is 13.0. The number of nitrogens with zero attached hydrogens (tertiary/aromatic N) is 1. The van der Waals surface area contributed by atoms with Gasteiger partial charge < -0.3 is 9.30 Å². The van der Waals surface area contributed by atoms with E-state index in [0.29, 0.717) is 17.7 Å². The number of hydrogen-bond acceptors (Lipinski definition) is 4. The van der Waals surface area contributed by atoms with Gasteiger partial charge in [0, 0.05) is 30.3 Å². The number of aryl methyl sites for hydroxylation is 1. The quantitative estimate of drug-likeness (QED) is 0.761. The molecule has 0 spiro atoms. The van der Waals surface area contributed by atoms with Crippen LogP contribution in [0.25, 0.3) is 11.1 Å². The fraction of sp³-hybridized carbons (Fsp3) is 0.294. The first-order valence-electron chi connectivity index (χ1n) is 7.23. The summed E-state index contributed by atoms with van der Waals surface area (Å²) in [6.07, 6.45) is 5.19. The van der Waals surface area contributed by atoms with Crippen molar-refractivity contribution >= 4 is 17.7 Å². The van der Waals surface area contributed by atoms with Crippen LogP contribution in [0.5, 0.6) is 0 Å². The van der Waals surface area contributed by atoms with Crippen molar-refractivity contribution in [2.45, 2.75) is 13.5 Å². The zero-order valence-corrected chi connectivity index (χ0v) is 13.9. The van der Waals surface area contributed by atoms with Gasteiger partial charge in [-0.15, -0.1) is 0 Å². The van der Waals surface area contributed by atoms with E-state index in [4.69, 9.17) is 4.74 Å². The number of rotatable bonds is 6. The second-order valence-electron chi connectivity index (χ2n) is 4.87. The third kappa shape index (κ3) is 4.22. The molecule has 0 radical (unpaired) electrons. The van der Waals surface area contributed by atoms with Crippen molar-refractivity contribution in [3.8, 4) is 11.1 Å². The van der Waals surface area contributed by atoms with Crippen LogP contribution in [0.3, 0.4) is 0 Å². The predicted molar refractivity (Wildman–Crippen MR) is 90.4 cm³/mol. The van der Waals surface area contributed by atoms with E-state index in [2.05, 4.69) is 0 Å². The Bertz CT molecular complexity index is 740. The van der Waals surface area contributed by atoms with E-state index in [-0.39, 0.29) is 18.0 Å². The standard InChI is InChI=1S/C17H18FNO3S/c1-3-22-17(21)15-11-19(8-9-23-2)10-14(16(15)20)12-4-6-13(18)7-5-12/h4-7,10-11H,3,8-9H2,1-2H3. The van der Waals surface area contributed by atoms with Gasteiger partial charge in [0.1, 0.15) is 11.4 Å². The van der Waals surface area contributed by atoms with Crippen LogP contribution in [0, 0.1) is 5.82 Å². The molecule has 0 bridgehead atoms. The first-order valence-corrected chi connectivity index (χ1v) is 8.62. The lowest BCUT2D eigenvalue weighted by molar-refractivity contribution is 0.0524. The van der Waals surface area contributed by atoms with Crippen molar-refractivity contribution in [3.63, 3.8) is 0 Å². The molecule has 1 heterocycles. The van der Waals surface area contributed by atoms with Gasteiger partial charge in [-0.05, 0) is 30.9 Å². The second-order valence-corrected chi connectivity index (χ2v) is 5.86. The lowest BCUT2D eigenvalue weighted by atomic mass is 10.0. The SMILES string of the molecule is CCOC(=O)c1cn(CCSC)cc(-c2ccc(F)cc2)c1=O. The van der Waals surface area contributed by atoms with Crippen LogP contribution >= 0.6 is 11.8 Å². The second kappa shape index (κ2) is 7.97. The van der Waals surface area contributed by atoms with Crippen molar-refractivity contribution in [2.24, 2.45) is 0 Å². The van der Waals surface area contributed by atoms with Gasteiger partial charge >= 0.3 is 5.97 Å². The van der Waals surface area contributed by atoms with Crippen LogP contribution in [0.1, 0.15) is 17.3 Å². The van der Waals surface area contributed by atoms with Crippen LogP contribution in [0.4, 0.5) is 4.39 Å². The van der Waals surface area contributed by atoms with Crippen molar-refractivity contribution in [1.29, 1.82) is 0 Å². The third-order valence-electron chi connectivity index (χ3n) is 3.28. The van der Waals surface area contributed by atoms with E-state index in [0.717, 1.165) is 5.75 Å². The van der Waals surface area contributed by atoms with Gasteiger partial charge in [-0.25, -0.2) is 9.18 Å². The molecule has 0 aliphatic carbocycles. The molecule has 6 heteroatoms. The third-order valence-corrected chi connectivity index (χ3v) is 3.87. The van der Waals surface area contributed by atoms with Crippen LogP contribution in [-0.2, 0) is 11.3 Å². The summed E-state index contributed by atoms with van der Waals surface area (Å²) in [5.41, 5.74) is 0.516. The Hall–Kier alpha value is -2.08. The minimum Gasteiger partial charge on any atom is -0.462 e. The molecule has 0 N–H and O–H groups in total. The zero-order chi connectivity index (χ0) is 16.8. The van der Waals surface area contributed by atoms with Crippen LogP contribution in [0.15, 0.2) is 41.5 Å². The Morgan fingerprint density at radius 1 is 1.26 bits per heavy atom. The predicted octanol–water partition coefficient (Wildman–Crippen LogP) is 3.19. The van der Waals surface area contributed by atoms with Crippen LogP contribution in [-0.4, -0.2) is 29.2 Å². The van der Waals surface area contributed by atoms with Gasteiger partial charge in [-0.2, -0.15) is 11.8 Å². The molecule has 0 unspecified atom stereocenters. The van der Waals surface area contributed by atoms with Gasteiger partial charge in [0.15, 0.2) is 0 Å². The molecule has 0 saturated carbocycles. The minimum absolute atomic E-state index is 0.00484. The average molecular weight is 335 g/mol. The highest BCUT2D eigenvalue weighted by Gasteiger charge is 2.17. The minimum atomic E-state index is -0.639. The largest absolute Gasteiger partial charge is 0.462 e. The van der Waals surface area contributed by atoms with Crippen molar-refractivity contribution in [3.05, 3.63) is 58.3 Å². The number of ether oxygens (including phenoxy) is 1. The number of halogens is 1. The van der Waals surface area contributed by atoms with Gasteiger partial charge in [0.25, 0.3) is 0 Å². The number of benzene rings is 1. The highest BCUT2D eigenvalue weighted by atomic mass is 32.2. The summed E-state index contributed by atoms with van der Waals surface area (Å²) in [5, 5.41) is 0. The topological polar surface area (TPSA) is 48.3 Å². The molecule has 1 aromatic carbocycles. The average Bonchev–Trinajstić information content (AvgIpc) is 2.55. The highest BCUT2D eigenvalue weighted by molar-refractivity contribution is 7.98. The maximum atomic E-state index is 13.1. The normalized spacial score (nSPS) is 10.6. The molecule has 0 aliphatic heterocycles. The molecule has 0 saturated heterocycles. The first kappa shape index (κ1) is 17.3. The number of aromatic nitrogens is 1. The monoisotopic (exact) mass is 335 g/mol. The van der Waals surface area contributed by atoms with E-state index in [1.807, 2.05) is 6.26 Å². The molecular formula is C17H18FNO3S. The lowest BCUT2D eigenvalue weighted by Crippen LogP contribution is -2.22. The molecule has 23 heavy (non-hydrogen) atoms. The van der Waals surface area contributed by atoms with Crippen LogP contribution < -0.4 is 5.43 Å². The van der Waals surface area contributed by atoms with E-state index < -0.39 is 11.4 Å². The van der Waals surface area contributed by atoms with Gasteiger partial charge in [-0.1, -0.05) is 12.1 Å². The van der Waals surface area contributed by atoms with E-state index in [1.54, 1.807) is 29.4 Å². The van der Waals surface area contributed by atoms with E-state index in [1.165, 1.54) is 30.5 Å². The number of carbonyl (C=O) groups is 1. The summed E-state index contributed by atoms with van der Waals surface area (Å²) in [5.74, 6) is -0.175. The van der Waals surface area contributed by atoms with E-state index in [9.17, 15) is 14.0 Å². The van der Waals surface area contributed by atoms with E-state index >= 15 is 0 Å². The molecule has 1 aromatic heterocycles. The summed E-state index contributed by atoms with van der Waals surface area (Å²) in [6, 6.07) is 5.63. The summed E-state index contributed by atoms with van der Waals surface area (Å²) < 4.78 is 19.9. The number of carbonyl (C=O) groups excluding carboxylic acids is 1.